The van der Waals surface area contributed by atoms with Gasteiger partial charge in [-0.05, 0) is 170 Å². The van der Waals surface area contributed by atoms with Gasteiger partial charge in [0.25, 0.3) is 0 Å². The third kappa shape index (κ3) is 10.7. The van der Waals surface area contributed by atoms with Crippen LogP contribution in [0.2, 0.25) is 0 Å². The van der Waals surface area contributed by atoms with Crippen molar-refractivity contribution in [2.45, 2.75) is 256 Å². The molecular formula is C73H102ClN2O9+. The molecule has 85 heavy (non-hydrogen) atoms. The third-order valence-corrected chi connectivity index (χ3v) is 24.3. The van der Waals surface area contributed by atoms with Crippen molar-refractivity contribution in [3.8, 4) is 0 Å². The summed E-state index contributed by atoms with van der Waals surface area (Å²) in [5.74, 6) is 2.36. The number of para-hydroxylation sites is 2. The zero-order chi connectivity index (χ0) is 59.1. The van der Waals surface area contributed by atoms with Crippen LogP contribution in [0.4, 0.5) is 11.4 Å². The van der Waals surface area contributed by atoms with Crippen LogP contribution in [0, 0.1) is 47.3 Å². The minimum absolute atomic E-state index is 0.0297. The Morgan fingerprint density at radius 3 is 2.04 bits per heavy atom. The van der Waals surface area contributed by atoms with Crippen LogP contribution in [0.15, 0.2) is 94.7 Å². The van der Waals surface area contributed by atoms with E-state index in [9.17, 15) is 0 Å². The van der Waals surface area contributed by atoms with Gasteiger partial charge in [-0.1, -0.05) is 121 Å². The molecular weight excluding hydrogens is 1080 g/mol. The molecule has 0 aromatic heterocycles. The molecule has 2 aromatic carbocycles. The molecule has 3 saturated carbocycles. The standard InChI is InChI=1S/C73H102ClN2O9/c1-47-30-34-55-49(3)65(79-63-46-70(9)40-38-53(47)72(55,63)84-82-70)77-44-21-13-11-19-42-75-59-28-17-15-26-57(59)68(5,6)61(75)36-32-51-24-23-25-52(64(51)74)33-37-62-69(7,8)58-27-16-18-29-60(58)76(62)43-20-12-14-22-45-78-66-50(4)56-35-31-48(2)54-39-41-71(10)81-67(80-66)73(54,56)85-83-71/h15-18,26-29,32-33,36-37,47-50,53-56,63,65-67H,11-14,19-25,30-31,34-35,38-46H2,1-10H3/q+1/t47-,48-,49-,50-,53+,54+,55+,56+,63-,65?,66?,67-,70?,71?,72-,73-/m0/s1. The van der Waals surface area contributed by atoms with Gasteiger partial charge in [0.05, 0.1) is 11.5 Å². The summed E-state index contributed by atoms with van der Waals surface area (Å²) in [6, 6.07) is 18.0. The molecule has 4 bridgehead atoms. The van der Waals surface area contributed by atoms with Crippen LogP contribution >= 0.6 is 11.6 Å². The van der Waals surface area contributed by atoms with Crippen molar-refractivity contribution >= 4 is 28.7 Å². The number of benzene rings is 2. The number of hydrogen-bond acceptors (Lipinski definition) is 10. The van der Waals surface area contributed by atoms with Crippen molar-refractivity contribution in [1.29, 1.82) is 0 Å². The number of anilines is 1. The van der Waals surface area contributed by atoms with Gasteiger partial charge >= 0.3 is 0 Å². The van der Waals surface area contributed by atoms with Gasteiger partial charge in [-0.3, -0.25) is 0 Å². The Bertz CT molecular complexity index is 2950. The Morgan fingerprint density at radius 1 is 0.624 bits per heavy atom. The maximum absolute atomic E-state index is 7.52. The van der Waals surface area contributed by atoms with Gasteiger partial charge in [0, 0.05) is 102 Å². The number of halogens is 1. The number of fused-ring (bicyclic) bond motifs is 6. The maximum Gasteiger partial charge on any atom is 0.209 e. The van der Waals surface area contributed by atoms with E-state index in [1.165, 1.54) is 57.9 Å². The van der Waals surface area contributed by atoms with Gasteiger partial charge in [-0.25, -0.2) is 19.6 Å². The van der Waals surface area contributed by atoms with Crippen molar-refractivity contribution in [3.63, 3.8) is 0 Å². The van der Waals surface area contributed by atoms with Gasteiger partial charge in [0.2, 0.25) is 11.5 Å². The number of allylic oxidation sites excluding steroid dienone is 8. The summed E-state index contributed by atoms with van der Waals surface area (Å²) >= 11 is 7.52. The second-order valence-electron chi connectivity index (χ2n) is 29.9. The predicted octanol–water partition coefficient (Wildman–Crippen LogP) is 16.9. The molecule has 0 radical (unpaired) electrons. The van der Waals surface area contributed by atoms with Crippen molar-refractivity contribution in [2.24, 2.45) is 47.3 Å². The molecule has 10 fully saturated rings. The SMILES string of the molecule is C[C@@H]1C(OCCCCCCN2/C(=C/C=C3\CCCC(/C=C/C4=[N+](CCCCCCOC5O[C@H]6CC7(C)CC[C@@H]8[C@@H](C)CC[C@H]([C@@H]5C)[C@]68OO7)c5ccccc5C4(C)C)=C3Cl)C(C)(C)c3ccccc32)O[C@H]2OC3(C)CC[C@@H]4[C@@H](C)CC[C@H]1[C@]24OO3. The molecule has 11 nitrogen and oxygen atoms in total. The lowest BCUT2D eigenvalue weighted by Gasteiger charge is -2.61. The van der Waals surface area contributed by atoms with Crippen LogP contribution in [0.3, 0.4) is 0 Å². The second-order valence-corrected chi connectivity index (χ2v) is 30.3. The summed E-state index contributed by atoms with van der Waals surface area (Å²) in [6.07, 6.45) is 29.9. The monoisotopic (exact) mass is 1190 g/mol. The minimum Gasteiger partial charge on any atom is -0.352 e. The first-order valence-electron chi connectivity index (χ1n) is 33.9. The predicted molar refractivity (Wildman–Crippen MR) is 334 cm³/mol. The largest absolute Gasteiger partial charge is 0.352 e. The van der Waals surface area contributed by atoms with Crippen LogP contribution in [0.25, 0.3) is 0 Å². The number of unbranched alkanes of at least 4 members (excludes halogenated alkanes) is 6. The molecule has 2 aromatic rings. The average molecular weight is 1190 g/mol. The van der Waals surface area contributed by atoms with Gasteiger partial charge < -0.3 is 28.6 Å². The summed E-state index contributed by atoms with van der Waals surface area (Å²) in [5, 5.41) is 0.906. The van der Waals surface area contributed by atoms with Crippen molar-refractivity contribution in [1.82, 2.24) is 0 Å². The van der Waals surface area contributed by atoms with Crippen LogP contribution in [-0.4, -0.2) is 84.2 Å². The molecule has 12 heteroatoms. The Hall–Kier alpha value is -3.20. The van der Waals surface area contributed by atoms with Crippen molar-refractivity contribution in [3.05, 3.63) is 106 Å². The molecule has 4 aliphatic carbocycles. The Labute approximate surface area is 514 Å². The van der Waals surface area contributed by atoms with Crippen LogP contribution in [-0.2, 0) is 54.1 Å². The fraction of sp³-hybridized carbons (Fsp3) is 0.712. The summed E-state index contributed by atoms with van der Waals surface area (Å²) in [5.41, 5.74) is 9.10. The highest BCUT2D eigenvalue weighted by Crippen LogP contribution is 2.63. The van der Waals surface area contributed by atoms with Crippen LogP contribution < -0.4 is 4.90 Å². The zero-order valence-electron chi connectivity index (χ0n) is 53.3. The van der Waals surface area contributed by atoms with Crippen LogP contribution in [0.1, 0.15) is 209 Å². The normalized spacial score (nSPS) is 40.4. The maximum atomic E-state index is 7.52. The number of rotatable bonds is 19. The first kappa shape index (κ1) is 60.7. The van der Waals surface area contributed by atoms with Crippen molar-refractivity contribution in [2.75, 3.05) is 31.2 Å². The average Bonchev–Trinajstić information content (AvgIpc) is 1.83. The quantitative estimate of drug-likeness (QED) is 0.0770. The van der Waals surface area contributed by atoms with E-state index in [1.54, 1.807) is 0 Å². The van der Waals surface area contributed by atoms with E-state index in [2.05, 4.69) is 145 Å². The Morgan fingerprint density at radius 2 is 1.27 bits per heavy atom. The molecule has 7 saturated heterocycles. The first-order valence-corrected chi connectivity index (χ1v) is 34.3. The molecule has 16 atom stereocenters. The molecule has 4 unspecified atom stereocenters. The van der Waals surface area contributed by atoms with Crippen molar-refractivity contribution < 1.29 is 47.8 Å². The molecule has 2 spiro atoms. The first-order chi connectivity index (χ1) is 40.9. The number of hydrogen-bond donors (Lipinski definition) is 0. The van der Waals surface area contributed by atoms with Gasteiger partial charge in [0.15, 0.2) is 30.2 Å². The fourth-order valence-corrected chi connectivity index (χ4v) is 19.2. The summed E-state index contributed by atoms with van der Waals surface area (Å²) < 4.78 is 36.1. The molecule has 0 amide bonds. The smallest absolute Gasteiger partial charge is 0.209 e. The highest BCUT2D eigenvalue weighted by Gasteiger charge is 2.71. The highest BCUT2D eigenvalue weighted by molar-refractivity contribution is 6.32. The van der Waals surface area contributed by atoms with Gasteiger partial charge in [-0.15, -0.1) is 0 Å². The van der Waals surface area contributed by atoms with Gasteiger partial charge in [0.1, 0.15) is 17.7 Å². The lowest BCUT2D eigenvalue weighted by molar-refractivity contribution is -0.577. The minimum atomic E-state index is -0.778. The van der Waals surface area contributed by atoms with E-state index in [4.69, 9.17) is 54.8 Å². The molecule has 9 heterocycles. The van der Waals surface area contributed by atoms with E-state index in [-0.39, 0.29) is 58.5 Å². The van der Waals surface area contributed by atoms with E-state index in [0.717, 1.165) is 140 Å². The molecule has 464 valence electrons. The van der Waals surface area contributed by atoms with E-state index >= 15 is 0 Å². The summed E-state index contributed by atoms with van der Waals surface area (Å²) in [6.45, 7) is 26.5. The summed E-state index contributed by atoms with van der Waals surface area (Å²) in [4.78, 5) is 27.7. The second kappa shape index (κ2) is 23.9. The topological polar surface area (TPSA) is 89.3 Å². The molecule has 15 rings (SSSR count). The van der Waals surface area contributed by atoms with E-state index < -0.39 is 17.7 Å². The molecule has 9 aliphatic heterocycles. The third-order valence-electron chi connectivity index (χ3n) is 23.8. The van der Waals surface area contributed by atoms with Gasteiger partial charge in [-0.2, -0.15) is 4.58 Å². The molecule has 13 aliphatic rings. The van der Waals surface area contributed by atoms with E-state index in [1.807, 2.05) is 6.92 Å². The molecule has 0 N–H and O–H groups in total. The zero-order valence-corrected chi connectivity index (χ0v) is 54.0. The number of ether oxygens (including phenoxy) is 5. The fourth-order valence-electron chi connectivity index (χ4n) is 18.9. The Balaban J connectivity index is 0.623. The highest BCUT2D eigenvalue weighted by atomic mass is 35.5. The lowest BCUT2D eigenvalue weighted by Crippen LogP contribution is -2.70. The van der Waals surface area contributed by atoms with E-state index in [0.29, 0.717) is 36.2 Å². The summed E-state index contributed by atoms with van der Waals surface area (Å²) in [7, 11) is 0. The Kier molecular flexibility index (Phi) is 17.0. The van der Waals surface area contributed by atoms with Crippen LogP contribution in [0.5, 0.6) is 0 Å². The number of nitrogens with zero attached hydrogens (tertiary/aromatic N) is 2. The lowest BCUT2D eigenvalue weighted by atomic mass is 9.56.